The molecule has 0 aromatic carbocycles. The summed E-state index contributed by atoms with van der Waals surface area (Å²) < 4.78 is 37.6. The summed E-state index contributed by atoms with van der Waals surface area (Å²) in [7, 11) is 0. The Morgan fingerprint density at radius 1 is 1.24 bits per heavy atom. The number of hydrogen-bond acceptors (Lipinski definition) is 5. The van der Waals surface area contributed by atoms with Gasteiger partial charge in [-0.3, -0.25) is 0 Å². The maximum absolute atomic E-state index is 12.5. The molecule has 0 saturated heterocycles. The second kappa shape index (κ2) is 5.57. The number of rotatable bonds is 3. The highest BCUT2D eigenvalue weighted by Crippen LogP contribution is 2.36. The van der Waals surface area contributed by atoms with Gasteiger partial charge in [-0.15, -0.1) is 11.3 Å². The summed E-state index contributed by atoms with van der Waals surface area (Å²) in [5.74, 6) is 0. The highest BCUT2D eigenvalue weighted by molar-refractivity contribution is 7.15. The molecule has 0 aliphatic heterocycles. The lowest BCUT2D eigenvalue weighted by molar-refractivity contribution is -0.134. The molecule has 1 N–H and O–H groups in total. The van der Waals surface area contributed by atoms with Crippen LogP contribution in [0.3, 0.4) is 0 Å². The van der Waals surface area contributed by atoms with Gasteiger partial charge in [-0.1, -0.05) is 32.1 Å². The van der Waals surface area contributed by atoms with Crippen LogP contribution in [0.15, 0.2) is 11.6 Å². The monoisotopic (exact) mass is 335 g/mol. The van der Waals surface area contributed by atoms with Crippen molar-refractivity contribution in [1.29, 1.82) is 0 Å². The number of aromatic nitrogens is 2. The average molecular weight is 335 g/mol. The van der Waals surface area contributed by atoms with E-state index < -0.39 is 11.1 Å². The third-order valence-corrected chi connectivity index (χ3v) is 4.79. The third-order valence-electron chi connectivity index (χ3n) is 2.79. The van der Waals surface area contributed by atoms with Crippen molar-refractivity contribution in [2.45, 2.75) is 45.3 Å². The van der Waals surface area contributed by atoms with Crippen LogP contribution in [0.5, 0.6) is 0 Å². The van der Waals surface area contributed by atoms with Crippen molar-refractivity contribution in [3.63, 3.8) is 0 Å². The number of hydrogen-bond donors (Lipinski definition) is 1. The van der Waals surface area contributed by atoms with E-state index in [0.29, 0.717) is 11.3 Å². The molecule has 0 saturated carbocycles. The molecule has 0 aliphatic rings. The third kappa shape index (κ3) is 3.94. The van der Waals surface area contributed by atoms with Gasteiger partial charge in [0.2, 0.25) is 0 Å². The lowest BCUT2D eigenvalue weighted by Gasteiger charge is -2.15. The summed E-state index contributed by atoms with van der Waals surface area (Å²) in [6.45, 7) is 8.07. The average Bonchev–Trinajstić information content (AvgIpc) is 2.94. The van der Waals surface area contributed by atoms with Crippen molar-refractivity contribution in [2.24, 2.45) is 0 Å². The van der Waals surface area contributed by atoms with E-state index in [1.807, 2.05) is 12.3 Å². The number of alkyl halides is 3. The van der Waals surface area contributed by atoms with Crippen molar-refractivity contribution in [1.82, 2.24) is 9.97 Å². The van der Waals surface area contributed by atoms with E-state index in [0.717, 1.165) is 16.9 Å². The van der Waals surface area contributed by atoms with Crippen molar-refractivity contribution in [3.8, 4) is 0 Å². The molecule has 0 fully saturated rings. The molecule has 0 radical (unpaired) electrons. The molecule has 3 nitrogen and oxygen atoms in total. The molecule has 21 heavy (non-hydrogen) atoms. The van der Waals surface area contributed by atoms with E-state index in [9.17, 15) is 13.2 Å². The maximum Gasteiger partial charge on any atom is 0.427 e. The van der Waals surface area contributed by atoms with Gasteiger partial charge in [-0.2, -0.15) is 13.2 Å². The Bertz CT molecular complexity index is 611. The Morgan fingerprint density at radius 2 is 1.90 bits per heavy atom. The Balaban J connectivity index is 2.09. The van der Waals surface area contributed by atoms with E-state index in [4.69, 9.17) is 0 Å². The fourth-order valence-corrected chi connectivity index (χ4v) is 3.37. The smallest absolute Gasteiger partial charge is 0.353 e. The molecule has 0 amide bonds. The second-order valence-corrected chi connectivity index (χ2v) is 7.63. The molecule has 2 rings (SSSR count). The molecule has 0 spiro atoms. The minimum Gasteiger partial charge on any atom is -0.353 e. The van der Waals surface area contributed by atoms with Crippen LogP contribution in [-0.4, -0.2) is 9.97 Å². The van der Waals surface area contributed by atoms with Crippen molar-refractivity contribution in [2.75, 3.05) is 5.32 Å². The highest BCUT2D eigenvalue weighted by atomic mass is 32.1. The molecule has 8 heteroatoms. The summed E-state index contributed by atoms with van der Waals surface area (Å²) in [5.41, 5.74) is 0.935. The van der Waals surface area contributed by atoms with Gasteiger partial charge < -0.3 is 5.32 Å². The summed E-state index contributed by atoms with van der Waals surface area (Å²) >= 11 is 2.10. The molecule has 1 unspecified atom stereocenters. The lowest BCUT2D eigenvalue weighted by Crippen LogP contribution is -2.13. The zero-order valence-electron chi connectivity index (χ0n) is 12.1. The van der Waals surface area contributed by atoms with Crippen LogP contribution in [0.25, 0.3) is 0 Å². The fourth-order valence-electron chi connectivity index (χ4n) is 1.55. The number of halogens is 3. The van der Waals surface area contributed by atoms with Crippen molar-refractivity contribution < 1.29 is 13.2 Å². The Labute approximate surface area is 129 Å². The lowest BCUT2D eigenvalue weighted by atomic mass is 9.93. The van der Waals surface area contributed by atoms with Crippen molar-refractivity contribution in [3.05, 3.63) is 27.2 Å². The summed E-state index contributed by atoms with van der Waals surface area (Å²) in [5, 5.41) is 6.04. The van der Waals surface area contributed by atoms with Gasteiger partial charge >= 0.3 is 6.18 Å². The largest absolute Gasteiger partial charge is 0.427 e. The van der Waals surface area contributed by atoms with E-state index >= 15 is 0 Å². The SMILES string of the molecule is CC(Nc1ncc(C(F)(F)F)s1)c1nc(C(C)(C)C)cs1. The highest BCUT2D eigenvalue weighted by Gasteiger charge is 2.33. The molecule has 0 bridgehead atoms. The van der Waals surface area contributed by atoms with Crippen LogP contribution in [-0.2, 0) is 11.6 Å². The Hall–Kier alpha value is -1.15. The maximum atomic E-state index is 12.5. The molecular weight excluding hydrogens is 319 g/mol. The van der Waals surface area contributed by atoms with E-state index in [1.54, 1.807) is 0 Å². The molecule has 2 aromatic heterocycles. The molecule has 0 aliphatic carbocycles. The number of nitrogens with zero attached hydrogens (tertiary/aromatic N) is 2. The van der Waals surface area contributed by atoms with Gasteiger partial charge in [-0.25, -0.2) is 9.97 Å². The molecule has 2 aromatic rings. The zero-order valence-corrected chi connectivity index (χ0v) is 13.7. The first-order valence-electron chi connectivity index (χ1n) is 6.33. The molecule has 2 heterocycles. The summed E-state index contributed by atoms with van der Waals surface area (Å²) in [6, 6.07) is -0.182. The van der Waals surface area contributed by atoms with Gasteiger partial charge in [-0.05, 0) is 6.92 Å². The van der Waals surface area contributed by atoms with E-state index in [-0.39, 0.29) is 16.6 Å². The summed E-state index contributed by atoms with van der Waals surface area (Å²) in [6.07, 6.45) is -3.50. The second-order valence-electron chi connectivity index (χ2n) is 5.71. The number of thiazole rings is 2. The molecule has 1 atom stereocenters. The fraction of sp³-hybridized carbons (Fsp3) is 0.538. The minimum atomic E-state index is -4.35. The molecular formula is C13H16F3N3S2. The van der Waals surface area contributed by atoms with Crippen LogP contribution in [0.1, 0.15) is 49.3 Å². The number of anilines is 1. The van der Waals surface area contributed by atoms with Gasteiger partial charge in [0.1, 0.15) is 9.88 Å². The normalized spacial score (nSPS) is 14.2. The van der Waals surface area contributed by atoms with Gasteiger partial charge in [0.05, 0.1) is 17.9 Å². The van der Waals surface area contributed by atoms with Crippen LogP contribution in [0.4, 0.5) is 18.3 Å². The van der Waals surface area contributed by atoms with Gasteiger partial charge in [0.15, 0.2) is 5.13 Å². The van der Waals surface area contributed by atoms with E-state index in [2.05, 4.69) is 36.1 Å². The standard InChI is InChI=1S/C13H16F3N3S2/c1-7(10-19-8(6-20-10)12(2,3)4)18-11-17-5-9(21-11)13(14,15)16/h5-7H,1-4H3,(H,17,18). The Morgan fingerprint density at radius 3 is 2.38 bits per heavy atom. The van der Waals surface area contributed by atoms with Gasteiger partial charge in [0, 0.05) is 10.8 Å². The van der Waals surface area contributed by atoms with Crippen LogP contribution < -0.4 is 5.32 Å². The first-order chi connectivity index (χ1) is 9.57. The predicted molar refractivity (Wildman–Crippen MR) is 80.0 cm³/mol. The van der Waals surface area contributed by atoms with Crippen LogP contribution in [0.2, 0.25) is 0 Å². The topological polar surface area (TPSA) is 37.8 Å². The van der Waals surface area contributed by atoms with Crippen LogP contribution in [0, 0.1) is 0 Å². The number of nitrogens with one attached hydrogen (secondary N) is 1. The van der Waals surface area contributed by atoms with Crippen molar-refractivity contribution >= 4 is 27.8 Å². The zero-order chi connectivity index (χ0) is 15.8. The van der Waals surface area contributed by atoms with Gasteiger partial charge in [0.25, 0.3) is 0 Å². The first-order valence-corrected chi connectivity index (χ1v) is 8.02. The quantitative estimate of drug-likeness (QED) is 0.849. The van der Waals surface area contributed by atoms with Crippen LogP contribution >= 0.6 is 22.7 Å². The Kier molecular flexibility index (Phi) is 4.30. The minimum absolute atomic E-state index is 0.0426. The summed E-state index contributed by atoms with van der Waals surface area (Å²) in [4.78, 5) is 7.61. The predicted octanol–water partition coefficient (Wildman–Crippen LogP) is 5.09. The van der Waals surface area contributed by atoms with E-state index in [1.165, 1.54) is 11.3 Å². The molecule has 116 valence electrons. The first kappa shape index (κ1) is 16.2.